The van der Waals surface area contributed by atoms with Gasteiger partial charge >= 0.3 is 6.09 Å². The summed E-state index contributed by atoms with van der Waals surface area (Å²) in [5, 5.41) is 1.30. The summed E-state index contributed by atoms with van der Waals surface area (Å²) in [5.74, 6) is 0. The number of rotatable bonds is 1. The van der Waals surface area contributed by atoms with Crippen molar-refractivity contribution < 1.29 is 14.4 Å². The first kappa shape index (κ1) is 14.3. The lowest BCUT2D eigenvalue weighted by Crippen LogP contribution is -2.35. The van der Waals surface area contributed by atoms with E-state index in [2.05, 4.69) is 20.9 Å². The molecule has 5 nitrogen and oxygen atoms in total. The van der Waals surface area contributed by atoms with Crippen molar-refractivity contribution in [1.82, 2.24) is 10.0 Å². The van der Waals surface area contributed by atoms with E-state index in [1.807, 2.05) is 26.8 Å². The summed E-state index contributed by atoms with van der Waals surface area (Å²) in [5.41, 5.74) is 0.390. The van der Waals surface area contributed by atoms with Crippen LogP contribution in [0.3, 0.4) is 0 Å². The van der Waals surface area contributed by atoms with Crippen LogP contribution >= 0.6 is 15.9 Å². The molecular formula is C13H17BrN2O3. The zero-order valence-electron chi connectivity index (χ0n) is 11.2. The molecule has 0 aliphatic carbocycles. The second-order valence-corrected chi connectivity index (χ2v) is 6.30. The first-order chi connectivity index (χ1) is 8.87. The highest BCUT2D eigenvalue weighted by Crippen LogP contribution is 2.32. The fraction of sp³-hybridized carbons (Fsp3) is 0.538. The zero-order valence-corrected chi connectivity index (χ0v) is 12.8. The molecule has 2 rings (SSSR count). The molecule has 1 fully saturated rings. The lowest BCUT2D eigenvalue weighted by molar-refractivity contribution is -0.125. The van der Waals surface area contributed by atoms with Gasteiger partial charge in [-0.1, -0.05) is 0 Å². The molecule has 1 aliphatic heterocycles. The Hall–Kier alpha value is -1.14. The normalized spacial score (nSPS) is 19.6. The Morgan fingerprint density at radius 1 is 1.53 bits per heavy atom. The number of ether oxygens (including phenoxy) is 1. The molecule has 0 bridgehead atoms. The number of amides is 1. The van der Waals surface area contributed by atoms with Crippen LogP contribution < -0.4 is 0 Å². The van der Waals surface area contributed by atoms with E-state index in [9.17, 15) is 4.79 Å². The summed E-state index contributed by atoms with van der Waals surface area (Å²) in [6, 6.07) is 1.78. The maximum atomic E-state index is 12.1. The molecule has 1 aromatic heterocycles. The molecular weight excluding hydrogens is 312 g/mol. The van der Waals surface area contributed by atoms with Gasteiger partial charge in [0.05, 0.1) is 12.6 Å². The molecule has 0 N–H and O–H groups in total. The monoisotopic (exact) mass is 328 g/mol. The quantitative estimate of drug-likeness (QED) is 0.792. The maximum Gasteiger partial charge on any atom is 0.435 e. The zero-order chi connectivity index (χ0) is 14.0. The van der Waals surface area contributed by atoms with Crippen molar-refractivity contribution in [3.8, 4) is 0 Å². The molecule has 2 heterocycles. The highest BCUT2D eigenvalue weighted by molar-refractivity contribution is 9.10. The Kier molecular flexibility index (Phi) is 4.10. The van der Waals surface area contributed by atoms with Crippen molar-refractivity contribution in [2.75, 3.05) is 6.61 Å². The summed E-state index contributed by atoms with van der Waals surface area (Å²) in [6.45, 7) is 5.99. The van der Waals surface area contributed by atoms with Crippen molar-refractivity contribution in [1.29, 1.82) is 0 Å². The van der Waals surface area contributed by atoms with E-state index in [-0.39, 0.29) is 6.04 Å². The van der Waals surface area contributed by atoms with E-state index in [4.69, 9.17) is 9.57 Å². The van der Waals surface area contributed by atoms with Crippen LogP contribution in [0.5, 0.6) is 0 Å². The Labute approximate surface area is 121 Å². The fourth-order valence-electron chi connectivity index (χ4n) is 1.87. The Morgan fingerprint density at radius 3 is 2.89 bits per heavy atom. The van der Waals surface area contributed by atoms with Crippen LogP contribution in [-0.2, 0) is 9.57 Å². The third-order valence-electron chi connectivity index (χ3n) is 2.59. The van der Waals surface area contributed by atoms with Crippen molar-refractivity contribution >= 4 is 22.0 Å². The molecule has 0 saturated carbocycles. The molecule has 1 atom stereocenters. The smallest absolute Gasteiger partial charge is 0.435 e. The molecule has 1 aromatic rings. The van der Waals surface area contributed by atoms with Crippen molar-refractivity contribution in [2.45, 2.75) is 38.8 Å². The number of halogens is 1. The van der Waals surface area contributed by atoms with Gasteiger partial charge in [-0.05, 0) is 48.3 Å². The van der Waals surface area contributed by atoms with Gasteiger partial charge in [-0.2, -0.15) is 5.06 Å². The summed E-state index contributed by atoms with van der Waals surface area (Å²) in [6.07, 6.45) is 3.71. The number of aromatic nitrogens is 1. The van der Waals surface area contributed by atoms with Gasteiger partial charge in [0.15, 0.2) is 0 Å². The minimum atomic E-state index is -0.539. The van der Waals surface area contributed by atoms with Crippen LogP contribution in [0.4, 0.5) is 4.79 Å². The number of carbonyl (C=O) groups is 1. The molecule has 104 valence electrons. The van der Waals surface area contributed by atoms with Gasteiger partial charge in [0.1, 0.15) is 5.60 Å². The van der Waals surface area contributed by atoms with Crippen molar-refractivity contribution in [2.24, 2.45) is 0 Å². The van der Waals surface area contributed by atoms with Crippen molar-refractivity contribution in [3.05, 3.63) is 28.5 Å². The molecule has 1 unspecified atom stereocenters. The van der Waals surface area contributed by atoms with Crippen LogP contribution in [-0.4, -0.2) is 28.3 Å². The maximum absolute atomic E-state index is 12.1. The number of hydroxylamine groups is 2. The molecule has 1 amide bonds. The van der Waals surface area contributed by atoms with E-state index in [1.54, 1.807) is 12.4 Å². The van der Waals surface area contributed by atoms with Gasteiger partial charge in [-0.25, -0.2) is 4.79 Å². The number of hydrogen-bond donors (Lipinski definition) is 0. The SMILES string of the molecule is CC(C)(C)OC(=O)N1OCCC1c1cncc(Br)c1. The molecule has 1 saturated heterocycles. The van der Waals surface area contributed by atoms with Gasteiger partial charge < -0.3 is 4.74 Å². The number of carbonyl (C=O) groups excluding carboxylic acids is 1. The number of nitrogens with zero attached hydrogens (tertiary/aromatic N) is 2. The Balaban J connectivity index is 2.15. The van der Waals surface area contributed by atoms with Gasteiger partial charge in [0.25, 0.3) is 0 Å². The van der Waals surface area contributed by atoms with E-state index in [0.717, 1.165) is 16.5 Å². The fourth-order valence-corrected chi connectivity index (χ4v) is 2.25. The molecule has 6 heteroatoms. The van der Waals surface area contributed by atoms with Crippen LogP contribution in [0, 0.1) is 0 Å². The summed E-state index contributed by atoms with van der Waals surface area (Å²) >= 11 is 3.38. The molecule has 0 radical (unpaired) electrons. The molecule has 19 heavy (non-hydrogen) atoms. The highest BCUT2D eigenvalue weighted by atomic mass is 79.9. The number of pyridine rings is 1. The minimum Gasteiger partial charge on any atom is -0.442 e. The third kappa shape index (κ3) is 3.67. The average Bonchev–Trinajstić information content (AvgIpc) is 2.75. The van der Waals surface area contributed by atoms with E-state index < -0.39 is 11.7 Å². The lowest BCUT2D eigenvalue weighted by Gasteiger charge is -2.27. The Morgan fingerprint density at radius 2 is 2.26 bits per heavy atom. The second kappa shape index (κ2) is 5.46. The minimum absolute atomic E-state index is 0.153. The van der Waals surface area contributed by atoms with Gasteiger partial charge in [-0.3, -0.25) is 9.82 Å². The predicted molar refractivity (Wildman–Crippen MR) is 73.3 cm³/mol. The van der Waals surface area contributed by atoms with Crippen molar-refractivity contribution in [3.63, 3.8) is 0 Å². The van der Waals surface area contributed by atoms with Gasteiger partial charge in [0.2, 0.25) is 0 Å². The summed E-state index contributed by atoms with van der Waals surface area (Å²) in [7, 11) is 0. The van der Waals surface area contributed by atoms with Crippen LogP contribution in [0.25, 0.3) is 0 Å². The van der Waals surface area contributed by atoms with E-state index in [1.165, 1.54) is 5.06 Å². The molecule has 1 aliphatic rings. The highest BCUT2D eigenvalue weighted by Gasteiger charge is 2.35. The van der Waals surface area contributed by atoms with E-state index >= 15 is 0 Å². The molecule has 0 aromatic carbocycles. The van der Waals surface area contributed by atoms with Crippen LogP contribution in [0.15, 0.2) is 22.9 Å². The predicted octanol–water partition coefficient (Wildman–Crippen LogP) is 3.46. The summed E-state index contributed by atoms with van der Waals surface area (Å²) in [4.78, 5) is 21.6. The average molecular weight is 329 g/mol. The van der Waals surface area contributed by atoms with E-state index in [0.29, 0.717) is 6.61 Å². The lowest BCUT2D eigenvalue weighted by atomic mass is 10.1. The Bertz CT molecular complexity index is 473. The first-order valence-electron chi connectivity index (χ1n) is 6.12. The van der Waals surface area contributed by atoms with Gasteiger partial charge in [-0.15, -0.1) is 0 Å². The number of hydrogen-bond acceptors (Lipinski definition) is 4. The molecule has 0 spiro atoms. The largest absolute Gasteiger partial charge is 0.442 e. The van der Waals surface area contributed by atoms with Gasteiger partial charge in [0, 0.05) is 23.3 Å². The summed E-state index contributed by atoms with van der Waals surface area (Å²) < 4.78 is 6.21. The topological polar surface area (TPSA) is 51.7 Å². The standard InChI is InChI=1S/C13H17BrN2O3/c1-13(2,3)19-12(17)16-11(4-5-18-16)9-6-10(14)8-15-7-9/h6-8,11H,4-5H2,1-3H3. The van der Waals surface area contributed by atoms with Crippen LogP contribution in [0.1, 0.15) is 38.8 Å². The third-order valence-corrected chi connectivity index (χ3v) is 3.02. The second-order valence-electron chi connectivity index (χ2n) is 5.38. The first-order valence-corrected chi connectivity index (χ1v) is 6.92. The van der Waals surface area contributed by atoms with Crippen LogP contribution in [0.2, 0.25) is 0 Å².